The molecule has 1 heterocycles. The minimum atomic E-state index is -0.398. The SMILES string of the molecule is Cc1cc2c(cc1C)OC(C(=O)NCCOCC1CC1)C2. The minimum Gasteiger partial charge on any atom is -0.480 e. The standard InChI is InChI=1S/C17H23NO3/c1-11-7-14-9-16(21-15(14)8-12(11)2)17(19)18-5-6-20-10-13-3-4-13/h7-8,13,16H,3-6,9-10H2,1-2H3,(H,18,19). The average molecular weight is 289 g/mol. The predicted octanol–water partition coefficient (Wildman–Crippen LogP) is 2.15. The quantitative estimate of drug-likeness (QED) is 0.816. The summed E-state index contributed by atoms with van der Waals surface area (Å²) in [6.07, 6.45) is 2.84. The number of hydrogen-bond acceptors (Lipinski definition) is 3. The van der Waals surface area contributed by atoms with Crippen LogP contribution in [0, 0.1) is 19.8 Å². The molecule has 3 rings (SSSR count). The van der Waals surface area contributed by atoms with Crippen molar-refractivity contribution in [2.45, 2.75) is 39.2 Å². The summed E-state index contributed by atoms with van der Waals surface area (Å²) < 4.78 is 11.3. The third-order valence-electron chi connectivity index (χ3n) is 4.24. The third kappa shape index (κ3) is 3.56. The first-order chi connectivity index (χ1) is 10.1. The van der Waals surface area contributed by atoms with Gasteiger partial charge in [0, 0.05) is 19.6 Å². The molecule has 1 aromatic carbocycles. The first-order valence-corrected chi connectivity index (χ1v) is 7.75. The van der Waals surface area contributed by atoms with Gasteiger partial charge in [0.1, 0.15) is 5.75 Å². The number of carbonyl (C=O) groups excluding carboxylic acids is 1. The smallest absolute Gasteiger partial charge is 0.261 e. The highest BCUT2D eigenvalue weighted by molar-refractivity contribution is 5.82. The van der Waals surface area contributed by atoms with E-state index in [1.807, 2.05) is 6.07 Å². The second kappa shape index (κ2) is 6.06. The zero-order chi connectivity index (χ0) is 14.8. The number of amides is 1. The second-order valence-electron chi connectivity index (χ2n) is 6.16. The number of benzene rings is 1. The van der Waals surface area contributed by atoms with Crippen LogP contribution in [0.4, 0.5) is 0 Å². The van der Waals surface area contributed by atoms with Crippen LogP contribution in [0.25, 0.3) is 0 Å². The van der Waals surface area contributed by atoms with Crippen LogP contribution in [0.2, 0.25) is 0 Å². The van der Waals surface area contributed by atoms with Crippen LogP contribution in [-0.4, -0.2) is 31.8 Å². The van der Waals surface area contributed by atoms with Crippen LogP contribution in [0.3, 0.4) is 0 Å². The van der Waals surface area contributed by atoms with Crippen LogP contribution in [0.15, 0.2) is 12.1 Å². The molecular weight excluding hydrogens is 266 g/mol. The highest BCUT2D eigenvalue weighted by atomic mass is 16.5. The van der Waals surface area contributed by atoms with Crippen molar-refractivity contribution in [2.75, 3.05) is 19.8 Å². The van der Waals surface area contributed by atoms with Gasteiger partial charge in [-0.15, -0.1) is 0 Å². The van der Waals surface area contributed by atoms with Gasteiger partial charge in [0.05, 0.1) is 6.61 Å². The normalized spacial score (nSPS) is 20.0. The van der Waals surface area contributed by atoms with E-state index in [-0.39, 0.29) is 5.91 Å². The highest BCUT2D eigenvalue weighted by Gasteiger charge is 2.29. The maximum Gasteiger partial charge on any atom is 0.261 e. The van der Waals surface area contributed by atoms with Crippen LogP contribution >= 0.6 is 0 Å². The van der Waals surface area contributed by atoms with Gasteiger partial charge in [0.2, 0.25) is 0 Å². The number of hydrogen-bond donors (Lipinski definition) is 1. The fourth-order valence-corrected chi connectivity index (χ4v) is 2.55. The highest BCUT2D eigenvalue weighted by Crippen LogP contribution is 2.31. The van der Waals surface area contributed by atoms with Crippen LogP contribution in [-0.2, 0) is 16.0 Å². The molecule has 1 aliphatic carbocycles. The molecule has 21 heavy (non-hydrogen) atoms. The van der Waals surface area contributed by atoms with Crippen molar-refractivity contribution in [3.8, 4) is 5.75 Å². The molecule has 0 saturated heterocycles. The Labute approximate surface area is 125 Å². The molecule has 1 aliphatic heterocycles. The molecule has 4 nitrogen and oxygen atoms in total. The van der Waals surface area contributed by atoms with Gasteiger partial charge in [-0.05, 0) is 55.4 Å². The van der Waals surface area contributed by atoms with Gasteiger partial charge < -0.3 is 14.8 Å². The van der Waals surface area contributed by atoms with E-state index in [1.165, 1.54) is 24.0 Å². The summed E-state index contributed by atoms with van der Waals surface area (Å²) in [6.45, 7) is 6.11. The Bertz CT molecular complexity index is 506. The van der Waals surface area contributed by atoms with Gasteiger partial charge in [0.15, 0.2) is 6.10 Å². The first kappa shape index (κ1) is 14.4. The summed E-state index contributed by atoms with van der Waals surface area (Å²) in [5.74, 6) is 1.57. The number of rotatable bonds is 6. The van der Waals surface area contributed by atoms with Crippen LogP contribution in [0.5, 0.6) is 5.75 Å². The van der Waals surface area contributed by atoms with E-state index in [9.17, 15) is 4.79 Å². The molecule has 4 heteroatoms. The second-order valence-corrected chi connectivity index (χ2v) is 6.16. The monoisotopic (exact) mass is 289 g/mol. The Morgan fingerprint density at radius 2 is 2.10 bits per heavy atom. The predicted molar refractivity (Wildman–Crippen MR) is 80.6 cm³/mol. The third-order valence-corrected chi connectivity index (χ3v) is 4.24. The molecule has 1 N–H and O–H groups in total. The average Bonchev–Trinajstić information content (AvgIpc) is 3.19. The number of ether oxygens (including phenoxy) is 2. The largest absolute Gasteiger partial charge is 0.480 e. The Hall–Kier alpha value is -1.55. The molecule has 1 unspecified atom stereocenters. The van der Waals surface area contributed by atoms with Gasteiger partial charge in [-0.25, -0.2) is 0 Å². The number of carbonyl (C=O) groups is 1. The molecule has 1 fully saturated rings. The van der Waals surface area contributed by atoms with Crippen molar-refractivity contribution in [3.63, 3.8) is 0 Å². The van der Waals surface area contributed by atoms with Crippen LogP contribution < -0.4 is 10.1 Å². The van der Waals surface area contributed by atoms with Crippen LogP contribution in [0.1, 0.15) is 29.5 Å². The topological polar surface area (TPSA) is 47.6 Å². The van der Waals surface area contributed by atoms with E-state index in [0.29, 0.717) is 19.6 Å². The van der Waals surface area contributed by atoms with E-state index in [2.05, 4.69) is 25.2 Å². The minimum absolute atomic E-state index is 0.0449. The van der Waals surface area contributed by atoms with Crippen molar-refractivity contribution in [1.82, 2.24) is 5.32 Å². The van der Waals surface area contributed by atoms with Crippen molar-refractivity contribution >= 4 is 5.91 Å². The first-order valence-electron chi connectivity index (χ1n) is 7.75. The molecule has 0 radical (unpaired) electrons. The van der Waals surface area contributed by atoms with E-state index < -0.39 is 6.10 Å². The van der Waals surface area contributed by atoms with E-state index in [0.717, 1.165) is 23.8 Å². The molecular formula is C17H23NO3. The van der Waals surface area contributed by atoms with Gasteiger partial charge in [-0.1, -0.05) is 6.07 Å². The zero-order valence-electron chi connectivity index (χ0n) is 12.8. The molecule has 114 valence electrons. The maximum absolute atomic E-state index is 12.1. The van der Waals surface area contributed by atoms with E-state index in [1.54, 1.807) is 0 Å². The fourth-order valence-electron chi connectivity index (χ4n) is 2.55. The Balaban J connectivity index is 1.44. The number of fused-ring (bicyclic) bond motifs is 1. The zero-order valence-corrected chi connectivity index (χ0v) is 12.8. The lowest BCUT2D eigenvalue weighted by atomic mass is 10.0. The van der Waals surface area contributed by atoms with Crippen molar-refractivity contribution < 1.29 is 14.3 Å². The van der Waals surface area contributed by atoms with Crippen molar-refractivity contribution in [3.05, 3.63) is 28.8 Å². The van der Waals surface area contributed by atoms with E-state index in [4.69, 9.17) is 9.47 Å². The van der Waals surface area contributed by atoms with Crippen molar-refractivity contribution in [1.29, 1.82) is 0 Å². The molecule has 1 amide bonds. The lowest BCUT2D eigenvalue weighted by Crippen LogP contribution is -2.39. The van der Waals surface area contributed by atoms with Gasteiger partial charge in [-0.3, -0.25) is 4.79 Å². The lowest BCUT2D eigenvalue weighted by molar-refractivity contribution is -0.127. The summed E-state index contributed by atoms with van der Waals surface area (Å²) >= 11 is 0. The van der Waals surface area contributed by atoms with Gasteiger partial charge >= 0.3 is 0 Å². The Morgan fingerprint density at radius 1 is 1.33 bits per heavy atom. The number of nitrogens with one attached hydrogen (secondary N) is 1. The molecule has 1 atom stereocenters. The Kier molecular flexibility index (Phi) is 4.15. The molecule has 0 bridgehead atoms. The molecule has 0 spiro atoms. The maximum atomic E-state index is 12.1. The summed E-state index contributed by atoms with van der Waals surface area (Å²) in [5.41, 5.74) is 3.57. The summed E-state index contributed by atoms with van der Waals surface area (Å²) in [4.78, 5) is 12.1. The Morgan fingerprint density at radius 3 is 2.86 bits per heavy atom. The fraction of sp³-hybridized carbons (Fsp3) is 0.588. The number of aryl methyl sites for hydroxylation is 2. The van der Waals surface area contributed by atoms with E-state index >= 15 is 0 Å². The summed E-state index contributed by atoms with van der Waals surface area (Å²) in [5, 5.41) is 2.89. The molecule has 1 saturated carbocycles. The lowest BCUT2D eigenvalue weighted by Gasteiger charge is -2.11. The van der Waals surface area contributed by atoms with Gasteiger partial charge in [0.25, 0.3) is 5.91 Å². The molecule has 2 aliphatic rings. The molecule has 0 aromatic heterocycles. The summed E-state index contributed by atoms with van der Waals surface area (Å²) in [6, 6.07) is 4.15. The summed E-state index contributed by atoms with van der Waals surface area (Å²) in [7, 11) is 0. The van der Waals surface area contributed by atoms with Gasteiger partial charge in [-0.2, -0.15) is 0 Å². The molecule has 1 aromatic rings. The van der Waals surface area contributed by atoms with Crippen molar-refractivity contribution in [2.24, 2.45) is 5.92 Å².